The fourth-order valence-corrected chi connectivity index (χ4v) is 3.76. The molecule has 0 bridgehead atoms. The highest BCUT2D eigenvalue weighted by Crippen LogP contribution is 2.31. The summed E-state index contributed by atoms with van der Waals surface area (Å²) in [5.41, 5.74) is 5.16. The second kappa shape index (κ2) is 6.23. The van der Waals surface area contributed by atoms with Crippen LogP contribution in [-0.4, -0.2) is 29.7 Å². The normalized spacial score (nSPS) is 37.8. The summed E-state index contributed by atoms with van der Waals surface area (Å²) in [6.07, 6.45) is 9.06. The Morgan fingerprint density at radius 3 is 2.11 bits per heavy atom. The number of nitrogens with two attached hydrogens (primary N) is 1. The van der Waals surface area contributed by atoms with E-state index in [9.17, 15) is 4.79 Å². The van der Waals surface area contributed by atoms with Gasteiger partial charge >= 0.3 is 0 Å². The number of amides is 1. The van der Waals surface area contributed by atoms with Crippen LogP contribution >= 0.6 is 0 Å². The van der Waals surface area contributed by atoms with Crippen LogP contribution in [0.3, 0.4) is 0 Å². The van der Waals surface area contributed by atoms with Crippen molar-refractivity contribution < 1.29 is 9.53 Å². The van der Waals surface area contributed by atoms with Gasteiger partial charge in [-0.15, -0.1) is 0 Å². The van der Waals surface area contributed by atoms with E-state index in [0.717, 1.165) is 0 Å². The molecule has 3 N–H and O–H groups in total. The molecule has 19 heavy (non-hydrogen) atoms. The third kappa shape index (κ3) is 3.69. The molecule has 110 valence electrons. The minimum Gasteiger partial charge on any atom is -0.375 e. The van der Waals surface area contributed by atoms with Crippen molar-refractivity contribution >= 4 is 5.91 Å². The highest BCUT2D eigenvalue weighted by atomic mass is 16.5. The lowest BCUT2D eigenvalue weighted by atomic mass is 9.82. The maximum absolute atomic E-state index is 12.0. The molecule has 0 aromatic rings. The number of primary amides is 1. The van der Waals surface area contributed by atoms with Crippen molar-refractivity contribution in [1.29, 1.82) is 0 Å². The van der Waals surface area contributed by atoms with Gasteiger partial charge in [-0.2, -0.15) is 0 Å². The quantitative estimate of drug-likeness (QED) is 0.771. The summed E-state index contributed by atoms with van der Waals surface area (Å²) >= 11 is 0. The average Bonchev–Trinajstić information content (AvgIpc) is 2.56. The largest absolute Gasteiger partial charge is 0.375 e. The Morgan fingerprint density at radius 2 is 1.63 bits per heavy atom. The van der Waals surface area contributed by atoms with Crippen LogP contribution in [0.1, 0.15) is 65.2 Å². The molecule has 1 aliphatic heterocycles. The molecule has 0 radical (unpaired) electrons. The van der Waals surface area contributed by atoms with Crippen LogP contribution < -0.4 is 11.1 Å². The topological polar surface area (TPSA) is 64.3 Å². The van der Waals surface area contributed by atoms with Gasteiger partial charge in [-0.3, -0.25) is 4.79 Å². The molecule has 1 saturated heterocycles. The van der Waals surface area contributed by atoms with E-state index in [4.69, 9.17) is 10.5 Å². The molecule has 4 heteroatoms. The van der Waals surface area contributed by atoms with E-state index in [1.807, 2.05) is 13.8 Å². The summed E-state index contributed by atoms with van der Waals surface area (Å²) in [6, 6.07) is 0.437. The predicted octanol–water partition coefficient (Wildman–Crippen LogP) is 2.11. The summed E-state index contributed by atoms with van der Waals surface area (Å²) in [6.45, 7) is 4.06. The lowest BCUT2D eigenvalue weighted by Gasteiger charge is -2.43. The van der Waals surface area contributed by atoms with Crippen molar-refractivity contribution in [2.24, 2.45) is 5.73 Å². The minimum absolute atomic E-state index is 0.0922. The van der Waals surface area contributed by atoms with Gasteiger partial charge in [0.15, 0.2) is 0 Å². The van der Waals surface area contributed by atoms with Gasteiger partial charge in [0.2, 0.25) is 5.91 Å². The van der Waals surface area contributed by atoms with Crippen LogP contribution in [0.25, 0.3) is 0 Å². The van der Waals surface area contributed by atoms with Gasteiger partial charge in [0.1, 0.15) is 5.54 Å². The van der Waals surface area contributed by atoms with E-state index in [2.05, 4.69) is 5.32 Å². The molecule has 1 amide bonds. The zero-order chi connectivity index (χ0) is 13.9. The van der Waals surface area contributed by atoms with Gasteiger partial charge in [0.25, 0.3) is 0 Å². The summed E-state index contributed by atoms with van der Waals surface area (Å²) in [4.78, 5) is 12.0. The van der Waals surface area contributed by atoms with Crippen molar-refractivity contribution in [3.05, 3.63) is 0 Å². The SMILES string of the molecule is CC1CC(NC2CCCCCC2)(C(N)=O)CC(C)O1. The molecule has 0 aromatic carbocycles. The summed E-state index contributed by atoms with van der Waals surface area (Å²) < 4.78 is 5.76. The zero-order valence-electron chi connectivity index (χ0n) is 12.3. The number of ether oxygens (including phenoxy) is 1. The molecule has 1 heterocycles. The third-order valence-electron chi connectivity index (χ3n) is 4.54. The second-order valence-corrected chi connectivity index (χ2v) is 6.44. The number of hydrogen-bond donors (Lipinski definition) is 2. The van der Waals surface area contributed by atoms with E-state index in [-0.39, 0.29) is 18.1 Å². The highest BCUT2D eigenvalue weighted by molar-refractivity contribution is 5.85. The van der Waals surface area contributed by atoms with Crippen molar-refractivity contribution in [3.63, 3.8) is 0 Å². The predicted molar refractivity (Wildman–Crippen MR) is 75.8 cm³/mol. The molecule has 2 fully saturated rings. The van der Waals surface area contributed by atoms with E-state index < -0.39 is 5.54 Å². The maximum atomic E-state index is 12.0. The lowest BCUT2D eigenvalue weighted by Crippen LogP contribution is -2.63. The molecule has 0 aromatic heterocycles. The number of carbonyl (C=O) groups is 1. The summed E-state index contributed by atoms with van der Waals surface area (Å²) in [5, 5.41) is 3.62. The standard InChI is InChI=1S/C15H28N2O2/c1-11-9-15(14(16)18,10-12(2)19-11)17-13-7-5-3-4-6-8-13/h11-13,17H,3-10H2,1-2H3,(H2,16,18). The first kappa shape index (κ1) is 14.8. The maximum Gasteiger partial charge on any atom is 0.237 e. The number of hydrogen-bond acceptors (Lipinski definition) is 3. The minimum atomic E-state index is -0.563. The first-order valence-corrected chi connectivity index (χ1v) is 7.75. The molecule has 1 aliphatic carbocycles. The van der Waals surface area contributed by atoms with Crippen molar-refractivity contribution in [2.45, 2.75) is 89.0 Å². The molecule has 2 rings (SSSR count). The molecule has 1 saturated carbocycles. The smallest absolute Gasteiger partial charge is 0.237 e. The van der Waals surface area contributed by atoms with Crippen LogP contribution in [0.5, 0.6) is 0 Å². The van der Waals surface area contributed by atoms with Crippen LogP contribution in [-0.2, 0) is 9.53 Å². The zero-order valence-corrected chi connectivity index (χ0v) is 12.3. The fourth-order valence-electron chi connectivity index (χ4n) is 3.76. The van der Waals surface area contributed by atoms with Crippen LogP contribution in [0.2, 0.25) is 0 Å². The van der Waals surface area contributed by atoms with Crippen molar-refractivity contribution in [1.82, 2.24) is 5.32 Å². The Labute approximate surface area is 116 Å². The second-order valence-electron chi connectivity index (χ2n) is 6.44. The number of rotatable bonds is 3. The fraction of sp³-hybridized carbons (Fsp3) is 0.933. The number of nitrogens with one attached hydrogen (secondary N) is 1. The van der Waals surface area contributed by atoms with Crippen LogP contribution in [0.4, 0.5) is 0 Å². The highest BCUT2D eigenvalue weighted by Gasteiger charge is 2.44. The Kier molecular flexibility index (Phi) is 4.85. The molecular weight excluding hydrogens is 240 g/mol. The molecule has 2 unspecified atom stereocenters. The summed E-state index contributed by atoms with van der Waals surface area (Å²) in [5.74, 6) is -0.209. The van der Waals surface area contributed by atoms with Gasteiger partial charge in [0.05, 0.1) is 12.2 Å². The number of carbonyl (C=O) groups excluding carboxylic acids is 1. The van der Waals surface area contributed by atoms with E-state index >= 15 is 0 Å². The summed E-state index contributed by atoms with van der Waals surface area (Å²) in [7, 11) is 0. The molecular formula is C15H28N2O2. The van der Waals surface area contributed by atoms with E-state index in [1.54, 1.807) is 0 Å². The van der Waals surface area contributed by atoms with E-state index in [1.165, 1.54) is 38.5 Å². The van der Waals surface area contributed by atoms with Crippen LogP contribution in [0.15, 0.2) is 0 Å². The Bertz CT molecular complexity index is 301. The first-order chi connectivity index (χ1) is 9.02. The third-order valence-corrected chi connectivity index (χ3v) is 4.54. The van der Waals surface area contributed by atoms with Crippen LogP contribution in [0, 0.1) is 0 Å². The molecule has 4 nitrogen and oxygen atoms in total. The van der Waals surface area contributed by atoms with Gasteiger partial charge < -0.3 is 15.8 Å². The van der Waals surface area contributed by atoms with Crippen molar-refractivity contribution in [3.8, 4) is 0 Å². The van der Waals surface area contributed by atoms with Gasteiger partial charge in [0, 0.05) is 18.9 Å². The molecule has 0 spiro atoms. The Hall–Kier alpha value is -0.610. The molecule has 2 atom stereocenters. The van der Waals surface area contributed by atoms with Gasteiger partial charge in [-0.1, -0.05) is 25.7 Å². The lowest BCUT2D eigenvalue weighted by molar-refractivity contribution is -0.136. The first-order valence-electron chi connectivity index (χ1n) is 7.75. The average molecular weight is 268 g/mol. The monoisotopic (exact) mass is 268 g/mol. The Balaban J connectivity index is 2.07. The van der Waals surface area contributed by atoms with E-state index in [0.29, 0.717) is 18.9 Å². The molecule has 2 aliphatic rings. The Morgan fingerprint density at radius 1 is 1.11 bits per heavy atom. The van der Waals surface area contributed by atoms with Crippen molar-refractivity contribution in [2.75, 3.05) is 0 Å². The van der Waals surface area contributed by atoms with Gasteiger partial charge in [-0.25, -0.2) is 0 Å². The van der Waals surface area contributed by atoms with Gasteiger partial charge in [-0.05, 0) is 26.7 Å².